The summed E-state index contributed by atoms with van der Waals surface area (Å²) in [5.41, 5.74) is 0. The van der Waals surface area contributed by atoms with Crippen LogP contribution in [0.2, 0.25) is 0 Å². The van der Waals surface area contributed by atoms with E-state index in [1.807, 2.05) is 11.8 Å². The number of piperidine rings is 1. The molecule has 0 saturated carbocycles. The molecule has 0 spiro atoms. The van der Waals surface area contributed by atoms with Crippen molar-refractivity contribution in [1.29, 1.82) is 0 Å². The van der Waals surface area contributed by atoms with Crippen LogP contribution in [-0.4, -0.2) is 42.5 Å². The van der Waals surface area contributed by atoms with Crippen LogP contribution in [0.25, 0.3) is 0 Å². The van der Waals surface area contributed by atoms with E-state index in [4.69, 9.17) is 16.3 Å². The van der Waals surface area contributed by atoms with Crippen molar-refractivity contribution >= 4 is 17.5 Å². The highest BCUT2D eigenvalue weighted by Gasteiger charge is 2.33. The number of alkyl halides is 1. The summed E-state index contributed by atoms with van der Waals surface area (Å²) in [6, 6.07) is 0. The highest BCUT2D eigenvalue weighted by atomic mass is 35.5. The molecule has 98 valence electrons. The molecule has 2 rings (SSSR count). The third-order valence-electron chi connectivity index (χ3n) is 3.90. The number of carbonyl (C=O) groups excluding carboxylic acids is 1. The van der Waals surface area contributed by atoms with E-state index >= 15 is 0 Å². The lowest BCUT2D eigenvalue weighted by Crippen LogP contribution is -2.43. The molecule has 3 atom stereocenters. The van der Waals surface area contributed by atoms with Crippen LogP contribution in [0.5, 0.6) is 0 Å². The molecule has 0 aromatic rings. The van der Waals surface area contributed by atoms with Gasteiger partial charge in [-0.2, -0.15) is 0 Å². The van der Waals surface area contributed by atoms with Crippen LogP contribution in [0.3, 0.4) is 0 Å². The van der Waals surface area contributed by atoms with Gasteiger partial charge in [-0.05, 0) is 38.5 Å². The number of hydrogen-bond acceptors (Lipinski definition) is 2. The van der Waals surface area contributed by atoms with Gasteiger partial charge >= 0.3 is 0 Å². The lowest BCUT2D eigenvalue weighted by Gasteiger charge is -2.34. The Hall–Kier alpha value is -0.280. The van der Waals surface area contributed by atoms with E-state index in [1.54, 1.807) is 0 Å². The summed E-state index contributed by atoms with van der Waals surface area (Å²) >= 11 is 5.78. The Morgan fingerprint density at radius 3 is 3.00 bits per heavy atom. The second-order valence-corrected chi connectivity index (χ2v) is 5.72. The summed E-state index contributed by atoms with van der Waals surface area (Å²) < 4.78 is 5.48. The zero-order valence-electron chi connectivity index (χ0n) is 10.5. The number of halogens is 1. The van der Waals surface area contributed by atoms with Crippen molar-refractivity contribution in [2.24, 2.45) is 11.8 Å². The maximum atomic E-state index is 12.3. The number of nitrogens with zero attached hydrogens (tertiary/aromatic N) is 1. The van der Waals surface area contributed by atoms with Crippen molar-refractivity contribution in [1.82, 2.24) is 4.90 Å². The molecule has 2 heterocycles. The lowest BCUT2D eigenvalue weighted by atomic mass is 9.94. The fourth-order valence-corrected chi connectivity index (χ4v) is 3.21. The van der Waals surface area contributed by atoms with Crippen LogP contribution in [-0.2, 0) is 9.53 Å². The van der Waals surface area contributed by atoms with E-state index in [1.165, 1.54) is 6.42 Å². The first-order chi connectivity index (χ1) is 8.20. The summed E-state index contributed by atoms with van der Waals surface area (Å²) in [6.07, 6.45) is 4.50. The van der Waals surface area contributed by atoms with Gasteiger partial charge in [0.25, 0.3) is 0 Å². The topological polar surface area (TPSA) is 29.5 Å². The number of amides is 1. The molecule has 2 fully saturated rings. The molecule has 2 aliphatic rings. The third kappa shape index (κ3) is 3.35. The molecule has 0 N–H and O–H groups in total. The monoisotopic (exact) mass is 259 g/mol. The van der Waals surface area contributed by atoms with Crippen molar-refractivity contribution in [2.45, 2.75) is 38.7 Å². The van der Waals surface area contributed by atoms with Gasteiger partial charge in [0.05, 0.1) is 18.6 Å². The van der Waals surface area contributed by atoms with Crippen molar-refractivity contribution in [2.75, 3.05) is 25.6 Å². The molecule has 0 aromatic heterocycles. The first-order valence-corrected chi connectivity index (χ1v) is 7.20. The molecule has 0 bridgehead atoms. The summed E-state index contributed by atoms with van der Waals surface area (Å²) in [7, 11) is 0. The van der Waals surface area contributed by atoms with E-state index in [9.17, 15) is 4.79 Å². The van der Waals surface area contributed by atoms with Gasteiger partial charge in [0.1, 0.15) is 0 Å². The SMILES string of the molecule is CC1CC(C(=O)N2CCCC(CCCl)C2)CO1. The third-order valence-corrected chi connectivity index (χ3v) is 4.11. The zero-order chi connectivity index (χ0) is 12.3. The molecule has 17 heavy (non-hydrogen) atoms. The summed E-state index contributed by atoms with van der Waals surface area (Å²) in [5.74, 6) is 1.70. The second-order valence-electron chi connectivity index (χ2n) is 5.35. The number of carbonyl (C=O) groups is 1. The Bertz CT molecular complexity index is 270. The summed E-state index contributed by atoms with van der Waals surface area (Å²) in [4.78, 5) is 14.3. The van der Waals surface area contributed by atoms with Gasteiger partial charge < -0.3 is 9.64 Å². The minimum atomic E-state index is 0.0970. The van der Waals surface area contributed by atoms with Gasteiger partial charge in [-0.3, -0.25) is 4.79 Å². The van der Waals surface area contributed by atoms with E-state index in [0.29, 0.717) is 24.3 Å². The molecule has 4 heteroatoms. The number of hydrogen-bond donors (Lipinski definition) is 0. The van der Waals surface area contributed by atoms with Gasteiger partial charge in [-0.1, -0.05) is 0 Å². The van der Waals surface area contributed by atoms with E-state index in [-0.39, 0.29) is 12.0 Å². The van der Waals surface area contributed by atoms with E-state index in [2.05, 4.69) is 0 Å². The van der Waals surface area contributed by atoms with Gasteiger partial charge in [0, 0.05) is 19.0 Å². The molecule has 2 aliphatic heterocycles. The molecular weight excluding hydrogens is 238 g/mol. The minimum absolute atomic E-state index is 0.0970. The average molecular weight is 260 g/mol. The summed E-state index contributed by atoms with van der Waals surface area (Å²) in [5, 5.41) is 0. The van der Waals surface area contributed by atoms with Crippen molar-refractivity contribution in [3.05, 3.63) is 0 Å². The minimum Gasteiger partial charge on any atom is -0.378 e. The Kier molecular flexibility index (Phi) is 4.69. The van der Waals surface area contributed by atoms with Crippen molar-refractivity contribution in [3.8, 4) is 0 Å². The van der Waals surface area contributed by atoms with Crippen LogP contribution in [0.1, 0.15) is 32.6 Å². The van der Waals surface area contributed by atoms with Gasteiger partial charge in [0.2, 0.25) is 5.91 Å². The highest BCUT2D eigenvalue weighted by molar-refractivity contribution is 6.17. The first kappa shape index (κ1) is 13.2. The van der Waals surface area contributed by atoms with Crippen LogP contribution < -0.4 is 0 Å². The average Bonchev–Trinajstić information content (AvgIpc) is 2.76. The molecule has 2 saturated heterocycles. The van der Waals surface area contributed by atoms with Crippen molar-refractivity contribution < 1.29 is 9.53 Å². The Morgan fingerprint density at radius 2 is 2.35 bits per heavy atom. The van der Waals surface area contributed by atoms with E-state index < -0.39 is 0 Å². The maximum absolute atomic E-state index is 12.3. The van der Waals surface area contributed by atoms with Crippen LogP contribution in [0.15, 0.2) is 0 Å². The van der Waals surface area contributed by atoms with Gasteiger partial charge in [-0.15, -0.1) is 11.6 Å². The highest BCUT2D eigenvalue weighted by Crippen LogP contribution is 2.25. The molecule has 3 unspecified atom stereocenters. The number of ether oxygens (including phenoxy) is 1. The number of likely N-dealkylation sites (tertiary alicyclic amines) is 1. The lowest BCUT2D eigenvalue weighted by molar-refractivity contribution is -0.137. The Balaban J connectivity index is 1.86. The van der Waals surface area contributed by atoms with Gasteiger partial charge in [0.15, 0.2) is 0 Å². The predicted octanol–water partition coefficient (Wildman–Crippen LogP) is 2.28. The standard InChI is InChI=1S/C13H22ClNO2/c1-10-7-12(9-17-10)13(16)15-6-2-3-11(8-15)4-5-14/h10-12H,2-9H2,1H3. The van der Waals surface area contributed by atoms with Crippen LogP contribution in [0, 0.1) is 11.8 Å². The first-order valence-electron chi connectivity index (χ1n) is 6.67. The van der Waals surface area contributed by atoms with Crippen LogP contribution in [0.4, 0.5) is 0 Å². The second kappa shape index (κ2) is 6.05. The molecular formula is C13H22ClNO2. The van der Waals surface area contributed by atoms with Crippen molar-refractivity contribution in [3.63, 3.8) is 0 Å². The fraction of sp³-hybridized carbons (Fsp3) is 0.923. The predicted molar refractivity (Wildman–Crippen MR) is 68.2 cm³/mol. The fourth-order valence-electron chi connectivity index (χ4n) is 2.90. The molecule has 0 aliphatic carbocycles. The Morgan fingerprint density at radius 1 is 1.53 bits per heavy atom. The molecule has 0 aromatic carbocycles. The maximum Gasteiger partial charge on any atom is 0.228 e. The largest absolute Gasteiger partial charge is 0.378 e. The van der Waals surface area contributed by atoms with Crippen LogP contribution >= 0.6 is 11.6 Å². The smallest absolute Gasteiger partial charge is 0.228 e. The molecule has 1 amide bonds. The normalized spacial score (nSPS) is 34.0. The van der Waals surface area contributed by atoms with Gasteiger partial charge in [-0.25, -0.2) is 0 Å². The molecule has 0 radical (unpaired) electrons. The number of rotatable bonds is 3. The zero-order valence-corrected chi connectivity index (χ0v) is 11.3. The van der Waals surface area contributed by atoms with E-state index in [0.717, 1.165) is 32.4 Å². The Labute approximate surface area is 108 Å². The summed E-state index contributed by atoms with van der Waals surface area (Å²) in [6.45, 7) is 4.47. The quantitative estimate of drug-likeness (QED) is 0.728. The molecule has 3 nitrogen and oxygen atoms in total.